The summed E-state index contributed by atoms with van der Waals surface area (Å²) >= 11 is 2.77. The van der Waals surface area contributed by atoms with Gasteiger partial charge in [0.1, 0.15) is 10.7 Å². The Balaban J connectivity index is 3.79. The lowest BCUT2D eigenvalue weighted by Gasteiger charge is -2.13. The van der Waals surface area contributed by atoms with Gasteiger partial charge in [-0.25, -0.2) is 12.8 Å². The van der Waals surface area contributed by atoms with Crippen LogP contribution >= 0.6 is 15.9 Å². The number of rotatable bonds is 5. The summed E-state index contributed by atoms with van der Waals surface area (Å²) < 4.78 is 33.3. The molecule has 0 rings (SSSR count). The van der Waals surface area contributed by atoms with E-state index in [9.17, 15) is 12.8 Å². The molecule has 0 fully saturated rings. The molecule has 0 aromatic rings. The monoisotopic (exact) mass is 260 g/mol. The predicted molar refractivity (Wildman–Crippen MR) is 52.0 cm³/mol. The SMILES string of the molecule is C[C@H]([C@@H](C)CCC(F)Br)[SH](=O)=O. The molecule has 0 N–H and O–H groups in total. The largest absolute Gasteiger partial charge is 0.235 e. The molecule has 74 valence electrons. The van der Waals surface area contributed by atoms with Crippen molar-refractivity contribution < 1.29 is 12.8 Å². The Morgan fingerprint density at radius 3 is 2.17 bits per heavy atom. The van der Waals surface area contributed by atoms with Gasteiger partial charge in [-0.3, -0.25) is 0 Å². The van der Waals surface area contributed by atoms with Crippen molar-refractivity contribution >= 4 is 26.6 Å². The number of hydrogen-bond donors (Lipinski definition) is 1. The van der Waals surface area contributed by atoms with Crippen LogP contribution < -0.4 is 0 Å². The average molecular weight is 261 g/mol. The molecule has 12 heavy (non-hydrogen) atoms. The van der Waals surface area contributed by atoms with Crippen LogP contribution in [0.2, 0.25) is 0 Å². The quantitative estimate of drug-likeness (QED) is 0.607. The molecule has 0 saturated heterocycles. The molecule has 0 spiro atoms. The van der Waals surface area contributed by atoms with E-state index in [4.69, 9.17) is 0 Å². The third-order valence-electron chi connectivity index (χ3n) is 2.00. The predicted octanol–water partition coefficient (Wildman–Crippen LogP) is 2.09. The molecule has 5 heteroatoms. The summed E-state index contributed by atoms with van der Waals surface area (Å²) in [7, 11) is -2.37. The summed E-state index contributed by atoms with van der Waals surface area (Å²) in [4.78, 5) is 0. The van der Waals surface area contributed by atoms with E-state index in [0.717, 1.165) is 0 Å². The molecule has 0 amide bonds. The van der Waals surface area contributed by atoms with Crippen molar-refractivity contribution in [1.82, 2.24) is 0 Å². The Bertz CT molecular complexity index is 186. The summed E-state index contributed by atoms with van der Waals surface area (Å²) in [5, 5.41) is -1.37. The fourth-order valence-electron chi connectivity index (χ4n) is 0.838. The number of hydrogen-bond acceptors (Lipinski definition) is 2. The third-order valence-corrected chi connectivity index (χ3v) is 3.63. The normalized spacial score (nSPS) is 19.1. The molecule has 0 aromatic carbocycles. The minimum absolute atomic E-state index is 0.0295. The van der Waals surface area contributed by atoms with Crippen LogP contribution in [-0.4, -0.2) is 18.7 Å². The Labute approximate surface area is 82.6 Å². The van der Waals surface area contributed by atoms with Crippen molar-refractivity contribution in [1.29, 1.82) is 0 Å². The van der Waals surface area contributed by atoms with Crippen LogP contribution in [0.5, 0.6) is 0 Å². The van der Waals surface area contributed by atoms with Gasteiger partial charge >= 0.3 is 0 Å². The fourth-order valence-corrected chi connectivity index (χ4v) is 1.67. The number of thiol groups is 1. The van der Waals surface area contributed by atoms with Crippen molar-refractivity contribution in [3.05, 3.63) is 0 Å². The van der Waals surface area contributed by atoms with Crippen LogP contribution in [0, 0.1) is 5.92 Å². The van der Waals surface area contributed by atoms with E-state index in [2.05, 4.69) is 15.9 Å². The van der Waals surface area contributed by atoms with Crippen molar-refractivity contribution in [2.75, 3.05) is 0 Å². The Hall–Kier alpha value is 0.360. The molecule has 0 bridgehead atoms. The van der Waals surface area contributed by atoms with Gasteiger partial charge in [-0.15, -0.1) is 0 Å². The first kappa shape index (κ1) is 12.4. The maximum atomic E-state index is 12.3. The van der Waals surface area contributed by atoms with Crippen molar-refractivity contribution in [2.45, 2.75) is 37.0 Å². The molecular weight excluding hydrogens is 247 g/mol. The second-order valence-corrected chi connectivity index (χ2v) is 5.35. The lowest BCUT2D eigenvalue weighted by Crippen LogP contribution is -2.16. The lowest BCUT2D eigenvalue weighted by molar-refractivity contribution is 0.388. The summed E-state index contributed by atoms with van der Waals surface area (Å²) in [6.07, 6.45) is 0.964. The Morgan fingerprint density at radius 2 is 1.83 bits per heavy atom. The molecular formula is C7H14BrFO2S. The smallest absolute Gasteiger partial charge is 0.154 e. The minimum atomic E-state index is -2.37. The van der Waals surface area contributed by atoms with Crippen molar-refractivity contribution in [3.8, 4) is 0 Å². The number of halogens is 2. The van der Waals surface area contributed by atoms with Gasteiger partial charge < -0.3 is 0 Å². The van der Waals surface area contributed by atoms with E-state index in [-0.39, 0.29) is 11.2 Å². The Kier molecular flexibility index (Phi) is 6.09. The maximum Gasteiger partial charge on any atom is 0.154 e. The molecule has 0 heterocycles. The highest BCUT2D eigenvalue weighted by Gasteiger charge is 2.15. The van der Waals surface area contributed by atoms with Gasteiger partial charge in [-0.05, 0) is 25.7 Å². The molecule has 0 aliphatic carbocycles. The lowest BCUT2D eigenvalue weighted by atomic mass is 10.0. The molecule has 0 saturated carbocycles. The zero-order chi connectivity index (χ0) is 9.72. The van der Waals surface area contributed by atoms with Gasteiger partial charge in [-0.2, -0.15) is 0 Å². The summed E-state index contributed by atoms with van der Waals surface area (Å²) in [5.41, 5.74) is 0. The van der Waals surface area contributed by atoms with E-state index < -0.39 is 15.8 Å². The standard InChI is InChI=1S/C7H14BrFO2S/c1-5(3-4-7(8)9)6(2)12(10)11/h5-7,12H,3-4H2,1-2H3/t5-,6+,7?/m0/s1. The highest BCUT2D eigenvalue weighted by Crippen LogP contribution is 2.18. The summed E-state index contributed by atoms with van der Waals surface area (Å²) in [5.74, 6) is 0.0295. The topological polar surface area (TPSA) is 34.1 Å². The molecule has 0 aliphatic heterocycles. The van der Waals surface area contributed by atoms with Gasteiger partial charge in [-0.1, -0.05) is 22.9 Å². The van der Waals surface area contributed by atoms with Crippen molar-refractivity contribution in [2.24, 2.45) is 5.92 Å². The van der Waals surface area contributed by atoms with Gasteiger partial charge in [0.05, 0.1) is 5.25 Å². The fraction of sp³-hybridized carbons (Fsp3) is 1.00. The van der Waals surface area contributed by atoms with Gasteiger partial charge in [0.25, 0.3) is 0 Å². The second kappa shape index (κ2) is 5.91. The molecule has 0 radical (unpaired) electrons. The van der Waals surface area contributed by atoms with Crippen LogP contribution in [0.15, 0.2) is 0 Å². The number of alkyl halides is 2. The minimum Gasteiger partial charge on any atom is -0.235 e. The highest BCUT2D eigenvalue weighted by atomic mass is 79.9. The van der Waals surface area contributed by atoms with Crippen LogP contribution in [0.4, 0.5) is 4.39 Å². The van der Waals surface area contributed by atoms with Gasteiger partial charge in [0.15, 0.2) is 5.08 Å². The Morgan fingerprint density at radius 1 is 1.33 bits per heavy atom. The molecule has 3 atom stereocenters. The van der Waals surface area contributed by atoms with E-state index in [1.165, 1.54) is 0 Å². The highest BCUT2D eigenvalue weighted by molar-refractivity contribution is 9.09. The van der Waals surface area contributed by atoms with E-state index in [1.807, 2.05) is 6.92 Å². The first-order valence-electron chi connectivity index (χ1n) is 3.86. The zero-order valence-corrected chi connectivity index (χ0v) is 9.65. The maximum absolute atomic E-state index is 12.3. The average Bonchev–Trinajstić information content (AvgIpc) is 1.98. The molecule has 1 unspecified atom stereocenters. The molecule has 0 aromatic heterocycles. The van der Waals surface area contributed by atoms with E-state index >= 15 is 0 Å². The molecule has 2 nitrogen and oxygen atoms in total. The van der Waals surface area contributed by atoms with Gasteiger partial charge in [0.2, 0.25) is 0 Å². The van der Waals surface area contributed by atoms with E-state index in [0.29, 0.717) is 12.8 Å². The summed E-state index contributed by atoms with van der Waals surface area (Å²) in [6.45, 7) is 3.48. The first-order chi connectivity index (χ1) is 5.45. The van der Waals surface area contributed by atoms with E-state index in [1.54, 1.807) is 6.92 Å². The van der Waals surface area contributed by atoms with Crippen LogP contribution in [0.1, 0.15) is 26.7 Å². The molecule has 0 aliphatic rings. The zero-order valence-electron chi connectivity index (χ0n) is 7.17. The summed E-state index contributed by atoms with van der Waals surface area (Å²) in [6, 6.07) is 0. The first-order valence-corrected chi connectivity index (χ1v) is 6.03. The second-order valence-electron chi connectivity index (χ2n) is 2.97. The van der Waals surface area contributed by atoms with Crippen LogP contribution in [0.3, 0.4) is 0 Å². The third kappa shape index (κ3) is 5.09. The van der Waals surface area contributed by atoms with Crippen LogP contribution in [-0.2, 0) is 10.7 Å². The van der Waals surface area contributed by atoms with Gasteiger partial charge in [0, 0.05) is 0 Å². The van der Waals surface area contributed by atoms with Crippen LogP contribution in [0.25, 0.3) is 0 Å². The van der Waals surface area contributed by atoms with Crippen molar-refractivity contribution in [3.63, 3.8) is 0 Å².